The molecule has 0 aliphatic carbocycles. The summed E-state index contributed by atoms with van der Waals surface area (Å²) in [5.41, 5.74) is 12.0. The molecule has 5 unspecified atom stereocenters. The summed E-state index contributed by atoms with van der Waals surface area (Å²) < 4.78 is 40.3. The summed E-state index contributed by atoms with van der Waals surface area (Å²) in [6.45, 7) is 32.8. The predicted octanol–water partition coefficient (Wildman–Crippen LogP) is 11.2. The van der Waals surface area contributed by atoms with Crippen molar-refractivity contribution >= 4 is 85.5 Å². The number of halogens is 1. The maximum atomic E-state index is 11.6. The van der Waals surface area contributed by atoms with Crippen molar-refractivity contribution in [2.24, 2.45) is 59.2 Å². The second kappa shape index (κ2) is 37.9. The zero-order chi connectivity index (χ0) is 67.0. The number of nitrogens with two attached hydrogens (primary N) is 1. The number of ether oxygens (including phenoxy) is 5. The third-order valence-corrected chi connectivity index (χ3v) is 21.2. The van der Waals surface area contributed by atoms with Crippen LogP contribution in [0.2, 0.25) is 5.15 Å². The van der Waals surface area contributed by atoms with Gasteiger partial charge in [0.1, 0.15) is 50.1 Å². The molecule has 0 saturated carbocycles. The van der Waals surface area contributed by atoms with Gasteiger partial charge in [-0.15, -0.1) is 0 Å². The van der Waals surface area contributed by atoms with E-state index in [-0.39, 0.29) is 217 Å². The number of nitrogens with one attached hydrogen (secondary N) is 2. The van der Waals surface area contributed by atoms with E-state index in [1.165, 1.54) is 25.3 Å². The van der Waals surface area contributed by atoms with E-state index in [1.807, 2.05) is 18.3 Å². The second-order valence-corrected chi connectivity index (χ2v) is 26.4. The van der Waals surface area contributed by atoms with Crippen LogP contribution < -0.4 is 11.3 Å². The van der Waals surface area contributed by atoms with Gasteiger partial charge in [0.05, 0.1) is 58.8 Å². The third-order valence-electron chi connectivity index (χ3n) is 20.6. The van der Waals surface area contributed by atoms with Crippen molar-refractivity contribution in [2.45, 2.75) is 198 Å². The van der Waals surface area contributed by atoms with Gasteiger partial charge in [-0.1, -0.05) is 128 Å². The van der Waals surface area contributed by atoms with Crippen LogP contribution >= 0.6 is 23.8 Å². The van der Waals surface area contributed by atoms with Crippen LogP contribution in [0.25, 0.3) is 55.8 Å². The molecular formula is C65H85ClN21O6SU5-5. The normalized spacial score (nSPS) is 29.7. The van der Waals surface area contributed by atoms with E-state index in [2.05, 4.69) is 210 Å². The van der Waals surface area contributed by atoms with Crippen molar-refractivity contribution < 1.29 is 179 Å². The van der Waals surface area contributed by atoms with Gasteiger partial charge in [-0.2, -0.15) is 0 Å². The van der Waals surface area contributed by atoms with Crippen molar-refractivity contribution in [3.05, 3.63) is 89.6 Å². The molecule has 0 spiro atoms. The van der Waals surface area contributed by atoms with Crippen LogP contribution in [0.3, 0.4) is 0 Å². The number of nitrogens with zero attached hydrogens (tertiary/aromatic N) is 18. The number of aromatic amines is 2. The molecule has 5 saturated heterocycles. The maximum absolute atomic E-state index is 11.6. The standard InChI is InChI=1S/C13H16ClN4O.C13H18N5O.C13H17N4O2.C13H17N4OS.C13H17N4O.5U/c2*1-4-9-7(2)8(3)13(19-9)18-6-17-10-11(14)15-5-16-12(10)18;1-4-9-7(2)8(3)13(19-9)17-6-16-10-11(17)14-5-15-12(10)18;1-4-9-7(2)8(3)13(18-9)17-6-16-10-11(17)14-5-15-12(10)19;1-4-11-8(2)9(3)13(18-11)17-7-16-10-5-14-6-15-12(10)17;;;;;/h5,7-9,13H,4H2,1-3H3;5,7-9,13H,4H2,1-3H3,(H2,14,15,16);5,7-9,13H,4H2,1-3H3,(H,14,15,18);5,7-9,13H,4H2,1-3H3,(H,14,15,19);5-6,8-9,11,13H,4H2,1-3H3;;;;;/q5*-1;;;;;/t4*7-,8?,9+,13+;8-,9?,11+,13+;;;;;/m00000...../s1. The molecule has 524 valence electrons. The first-order valence-corrected chi connectivity index (χ1v) is 33.6. The Hall–Kier alpha value is -2.08. The van der Waals surface area contributed by atoms with Crippen LogP contribution in [-0.4, -0.2) is 128 Å². The molecule has 4 N–H and O–H groups in total. The molecule has 10 aromatic rings. The Morgan fingerprint density at radius 1 is 0.434 bits per heavy atom. The fourth-order valence-electron chi connectivity index (χ4n) is 13.8. The number of H-pyrrole nitrogens is 2. The molecule has 99 heavy (non-hydrogen) atoms. The van der Waals surface area contributed by atoms with Gasteiger partial charge in [0.2, 0.25) is 5.56 Å². The molecule has 10 aromatic heterocycles. The molecule has 5 aliphatic heterocycles. The molecule has 15 heterocycles. The van der Waals surface area contributed by atoms with Gasteiger partial charge in [0, 0.05) is 245 Å². The van der Waals surface area contributed by atoms with Gasteiger partial charge in [0.25, 0.3) is 0 Å². The van der Waals surface area contributed by atoms with Gasteiger partial charge in [-0.3, -0.25) is 29.7 Å². The minimum atomic E-state index is -0.245. The molecule has 0 aromatic carbocycles. The Morgan fingerprint density at radius 2 is 0.788 bits per heavy atom. The van der Waals surface area contributed by atoms with Crippen molar-refractivity contribution in [2.75, 3.05) is 5.73 Å². The molecule has 5 aliphatic rings. The zero-order valence-corrected chi connectivity index (χ0v) is 80.8. The average Bonchev–Trinajstić information content (AvgIpc) is 1.64. The Kier molecular flexibility index (Phi) is 32.9. The van der Waals surface area contributed by atoms with Crippen molar-refractivity contribution in [3.63, 3.8) is 0 Å². The Bertz CT molecular complexity index is 4110. The quantitative estimate of drug-likeness (QED) is 0.0651. The van der Waals surface area contributed by atoms with Crippen LogP contribution in [0.1, 0.15) is 167 Å². The molecule has 34 heteroatoms. The number of fused-ring (bicyclic) bond motifs is 5. The van der Waals surface area contributed by atoms with Crippen LogP contribution in [0.15, 0.2) is 42.6 Å². The van der Waals surface area contributed by atoms with Crippen LogP contribution in [-0.2, 0) is 23.7 Å². The predicted molar refractivity (Wildman–Crippen MR) is 353 cm³/mol. The van der Waals surface area contributed by atoms with Gasteiger partial charge < -0.3 is 87.1 Å². The zero-order valence-electron chi connectivity index (χ0n) is 58.4. The van der Waals surface area contributed by atoms with E-state index in [4.69, 9.17) is 53.2 Å². The third kappa shape index (κ3) is 17.5. The van der Waals surface area contributed by atoms with Gasteiger partial charge in [0.15, 0.2) is 0 Å². The van der Waals surface area contributed by atoms with E-state index in [9.17, 15) is 4.79 Å². The number of aromatic nitrogens is 20. The largest absolute Gasteiger partial charge is 0.410 e. The van der Waals surface area contributed by atoms with Gasteiger partial charge >= 0.3 is 0 Å². The number of hydrogen-bond acceptors (Lipinski definition) is 21. The first kappa shape index (κ1) is 85.8. The Morgan fingerprint density at radius 3 is 1.24 bits per heavy atom. The van der Waals surface area contributed by atoms with Crippen LogP contribution in [0.4, 0.5) is 5.82 Å². The molecule has 27 nitrogen and oxygen atoms in total. The van der Waals surface area contributed by atoms with Crippen molar-refractivity contribution in [1.29, 1.82) is 0 Å². The molecule has 5 fully saturated rings. The summed E-state index contributed by atoms with van der Waals surface area (Å²) in [6.07, 6.45) is 29.8. The maximum Gasteiger partial charge on any atom is 0.210 e. The molecule has 0 amide bonds. The molecule has 0 bridgehead atoms. The van der Waals surface area contributed by atoms with Crippen molar-refractivity contribution in [3.8, 4) is 0 Å². The summed E-state index contributed by atoms with van der Waals surface area (Å²) in [5, 5.41) is 0.353. The fourth-order valence-corrected chi connectivity index (χ4v) is 14.2. The van der Waals surface area contributed by atoms with Gasteiger partial charge in [-0.05, 0) is 95.6 Å². The van der Waals surface area contributed by atoms with Gasteiger partial charge in [-0.25, -0.2) is 15.0 Å². The number of hydrogen-bond donors (Lipinski definition) is 3. The van der Waals surface area contributed by atoms with E-state index >= 15 is 0 Å². The van der Waals surface area contributed by atoms with E-state index < -0.39 is 0 Å². The van der Waals surface area contributed by atoms with E-state index in [0.717, 1.165) is 48.9 Å². The second-order valence-electron chi connectivity index (χ2n) is 25.7. The summed E-state index contributed by atoms with van der Waals surface area (Å²) >= 11 is 11.2. The first-order valence-electron chi connectivity index (χ1n) is 32.9. The number of anilines is 1. The summed E-state index contributed by atoms with van der Waals surface area (Å²) in [7, 11) is 0. The molecular weight excluding hydrogens is 2430 g/mol. The Balaban J connectivity index is 0.000000193. The Labute approximate surface area is 705 Å². The summed E-state index contributed by atoms with van der Waals surface area (Å²) in [5.74, 6) is 4.83. The monoisotopic (exact) mass is 2510 g/mol. The molecule has 15 rings (SSSR count). The fraction of sp³-hybridized carbons (Fsp3) is 0.615. The van der Waals surface area contributed by atoms with Crippen LogP contribution in [0, 0.1) is 251 Å². The van der Waals surface area contributed by atoms with Crippen molar-refractivity contribution in [1.82, 2.24) is 97.6 Å². The topological polar surface area (TPSA) is 313 Å². The number of nitrogen functional groups attached to an aromatic ring is 1. The number of rotatable bonds is 10. The minimum Gasteiger partial charge on any atom is -0.410 e. The molecule has 0 radical (unpaired) electrons. The smallest absolute Gasteiger partial charge is 0.210 e. The molecule has 20 atom stereocenters. The summed E-state index contributed by atoms with van der Waals surface area (Å²) in [4.78, 5) is 70.9. The number of imidazole rings is 5. The SMILES string of the molecule is CC[C@H]1O[C@@H](n2[c-]nc3c(=O)[nH]cnc32)C(C)[C@@H]1C.CC[C@H]1O[C@@H](n2[c-]nc3c(=S)nc[nH]c32)C(C)[C@@H]1C.CC[C@H]1O[C@@H](n2[c-]nc3c(Cl)ncnc32)C(C)[C@@H]1C.CC[C@H]1O[C@@H](n2[c-]nc3c(N)ncnc32)C(C)[C@@H]1C.CC[C@H]1O[C@@H](n2[c-]nc3cncnc32)C(C)[C@@H]1C.[U].[U].[U].[U].[U]. The summed E-state index contributed by atoms with van der Waals surface area (Å²) in [6, 6.07) is 0. The minimum absolute atomic E-state index is 0. The van der Waals surface area contributed by atoms with Crippen LogP contribution in [0.5, 0.6) is 0 Å². The first-order chi connectivity index (χ1) is 45.2. The average molecular weight is 2510 g/mol. The van der Waals surface area contributed by atoms with E-state index in [1.54, 1.807) is 17.1 Å². The van der Waals surface area contributed by atoms with E-state index in [0.29, 0.717) is 120 Å².